The van der Waals surface area contributed by atoms with E-state index in [0.29, 0.717) is 12.0 Å². The molecule has 6 heteroatoms. The summed E-state index contributed by atoms with van der Waals surface area (Å²) in [4.78, 5) is 22.5. The molecule has 6 nitrogen and oxygen atoms in total. The van der Waals surface area contributed by atoms with E-state index in [0.717, 1.165) is 11.4 Å². The smallest absolute Gasteiger partial charge is 0.280 e. The zero-order chi connectivity index (χ0) is 13.8. The van der Waals surface area contributed by atoms with Crippen molar-refractivity contribution in [2.75, 3.05) is 0 Å². The first kappa shape index (κ1) is 12.8. The largest absolute Gasteiger partial charge is 0.285 e. The number of hydrogen-bond donors (Lipinski definition) is 1. The molecule has 0 aliphatic heterocycles. The van der Waals surface area contributed by atoms with Gasteiger partial charge in [-0.25, -0.2) is 10.1 Å². The molecule has 2 rings (SSSR count). The van der Waals surface area contributed by atoms with Gasteiger partial charge in [-0.1, -0.05) is 18.2 Å². The molecular weight excluding hydrogens is 244 g/mol. The Morgan fingerprint density at radius 1 is 1.26 bits per heavy atom. The van der Waals surface area contributed by atoms with E-state index in [4.69, 9.17) is 0 Å². The van der Waals surface area contributed by atoms with Crippen molar-refractivity contribution in [1.29, 1.82) is 0 Å². The normalized spacial score (nSPS) is 10.8. The Hall–Kier alpha value is -2.63. The van der Waals surface area contributed by atoms with E-state index in [9.17, 15) is 9.59 Å². The van der Waals surface area contributed by atoms with Gasteiger partial charge in [-0.15, -0.1) is 0 Å². The van der Waals surface area contributed by atoms with Gasteiger partial charge >= 0.3 is 0 Å². The van der Waals surface area contributed by atoms with E-state index in [1.165, 1.54) is 6.21 Å². The average Bonchev–Trinajstić information content (AvgIpc) is 2.64. The van der Waals surface area contributed by atoms with E-state index < -0.39 is 0 Å². The van der Waals surface area contributed by atoms with Gasteiger partial charge in [0.2, 0.25) is 6.41 Å². The molecule has 0 radical (unpaired) electrons. The molecule has 0 aliphatic rings. The maximum Gasteiger partial charge on any atom is 0.280 e. The highest BCUT2D eigenvalue weighted by Crippen LogP contribution is 2.08. The Morgan fingerprint density at radius 3 is 2.58 bits per heavy atom. The second kappa shape index (κ2) is 5.34. The predicted molar refractivity (Wildman–Crippen MR) is 72.5 cm³/mol. The molecule has 0 bridgehead atoms. The Kier molecular flexibility index (Phi) is 3.61. The van der Waals surface area contributed by atoms with Gasteiger partial charge < -0.3 is 0 Å². The third-order valence-corrected chi connectivity index (χ3v) is 2.92. The molecule has 0 fully saturated rings. The van der Waals surface area contributed by atoms with Crippen molar-refractivity contribution in [3.63, 3.8) is 0 Å². The summed E-state index contributed by atoms with van der Waals surface area (Å²) in [6, 6.07) is 9.33. The molecule has 0 aliphatic carbocycles. The van der Waals surface area contributed by atoms with E-state index >= 15 is 0 Å². The molecule has 0 saturated carbocycles. The van der Waals surface area contributed by atoms with Crippen LogP contribution in [0.25, 0.3) is 5.69 Å². The van der Waals surface area contributed by atoms with Gasteiger partial charge in [0.25, 0.3) is 5.56 Å². The summed E-state index contributed by atoms with van der Waals surface area (Å²) in [5.74, 6) is 0. The number of benzene rings is 1. The maximum atomic E-state index is 12.3. The molecule has 1 aromatic heterocycles. The highest BCUT2D eigenvalue weighted by molar-refractivity contribution is 5.81. The lowest BCUT2D eigenvalue weighted by atomic mass is 10.3. The number of rotatable bonds is 4. The van der Waals surface area contributed by atoms with Crippen molar-refractivity contribution < 1.29 is 4.79 Å². The molecule has 0 atom stereocenters. The van der Waals surface area contributed by atoms with E-state index in [1.54, 1.807) is 16.4 Å². The van der Waals surface area contributed by atoms with Gasteiger partial charge in [0.1, 0.15) is 0 Å². The first-order chi connectivity index (χ1) is 9.16. The summed E-state index contributed by atoms with van der Waals surface area (Å²) >= 11 is 0. The Bertz CT molecular complexity index is 668. The second-order valence-electron chi connectivity index (χ2n) is 3.98. The number of para-hydroxylation sites is 1. The summed E-state index contributed by atoms with van der Waals surface area (Å²) in [6.07, 6.45) is 1.80. The lowest BCUT2D eigenvalue weighted by Gasteiger charge is -2.07. The SMILES string of the molecule is Cc1c(C=NNC=O)c(=O)n(-c2ccccc2)n1C. The number of aromatic nitrogens is 2. The maximum absolute atomic E-state index is 12.3. The summed E-state index contributed by atoms with van der Waals surface area (Å²) in [5.41, 5.74) is 3.97. The molecule has 0 spiro atoms. The van der Waals surface area contributed by atoms with Crippen molar-refractivity contribution in [1.82, 2.24) is 14.8 Å². The van der Waals surface area contributed by atoms with Crippen molar-refractivity contribution in [3.8, 4) is 5.69 Å². The highest BCUT2D eigenvalue weighted by atomic mass is 16.1. The van der Waals surface area contributed by atoms with Gasteiger partial charge in [0.15, 0.2) is 0 Å². The summed E-state index contributed by atoms with van der Waals surface area (Å²) in [6.45, 7) is 1.82. The number of hydrazone groups is 1. The Morgan fingerprint density at radius 2 is 1.95 bits per heavy atom. The van der Waals surface area contributed by atoms with Crippen molar-refractivity contribution in [3.05, 3.63) is 51.9 Å². The minimum absolute atomic E-state index is 0.178. The topological polar surface area (TPSA) is 68.4 Å². The number of hydrogen-bond acceptors (Lipinski definition) is 3. The predicted octanol–water partition coefficient (Wildman–Crippen LogP) is 0.564. The van der Waals surface area contributed by atoms with Crippen molar-refractivity contribution in [2.24, 2.45) is 12.1 Å². The molecule has 0 unspecified atom stereocenters. The van der Waals surface area contributed by atoms with Crippen LogP contribution in [0.1, 0.15) is 11.3 Å². The summed E-state index contributed by atoms with van der Waals surface area (Å²) in [7, 11) is 1.80. The molecule has 1 aromatic carbocycles. The molecule has 1 amide bonds. The fourth-order valence-corrected chi connectivity index (χ4v) is 1.87. The van der Waals surface area contributed by atoms with Crippen LogP contribution in [0.15, 0.2) is 40.2 Å². The van der Waals surface area contributed by atoms with Gasteiger partial charge in [-0.3, -0.25) is 14.3 Å². The van der Waals surface area contributed by atoms with Crippen molar-refractivity contribution >= 4 is 12.6 Å². The third-order valence-electron chi connectivity index (χ3n) is 2.92. The summed E-state index contributed by atoms with van der Waals surface area (Å²) < 4.78 is 3.30. The number of carbonyl (C=O) groups is 1. The number of amides is 1. The molecule has 98 valence electrons. The van der Waals surface area contributed by atoms with Gasteiger partial charge in [0.05, 0.1) is 17.5 Å². The minimum atomic E-state index is -0.178. The standard InChI is InChI=1S/C13H14N4O2/c1-10-12(8-14-15-9-18)13(19)17(16(10)2)11-6-4-3-5-7-11/h3-9H,1-2H3,(H,15,18). The quantitative estimate of drug-likeness (QED) is 0.495. The minimum Gasteiger partial charge on any atom is -0.285 e. The number of nitrogens with zero attached hydrogens (tertiary/aromatic N) is 3. The van der Waals surface area contributed by atoms with Crippen molar-refractivity contribution in [2.45, 2.75) is 6.92 Å². The van der Waals surface area contributed by atoms with Crippen LogP contribution >= 0.6 is 0 Å². The van der Waals surface area contributed by atoms with Crippen LogP contribution in [0.5, 0.6) is 0 Å². The number of carbonyl (C=O) groups excluding carboxylic acids is 1. The van der Waals surface area contributed by atoms with Crippen LogP contribution in [-0.2, 0) is 11.8 Å². The van der Waals surface area contributed by atoms with Crippen LogP contribution in [0.4, 0.5) is 0 Å². The lowest BCUT2D eigenvalue weighted by molar-refractivity contribution is -0.109. The average molecular weight is 258 g/mol. The molecular formula is C13H14N4O2. The molecule has 0 saturated heterocycles. The van der Waals surface area contributed by atoms with Gasteiger partial charge in [-0.2, -0.15) is 5.10 Å². The lowest BCUT2D eigenvalue weighted by Crippen LogP contribution is -2.21. The Balaban J connectivity index is 2.56. The second-order valence-corrected chi connectivity index (χ2v) is 3.98. The van der Waals surface area contributed by atoms with Crippen LogP contribution in [0, 0.1) is 6.92 Å². The zero-order valence-corrected chi connectivity index (χ0v) is 10.7. The first-order valence-corrected chi connectivity index (χ1v) is 5.73. The zero-order valence-electron chi connectivity index (χ0n) is 10.7. The summed E-state index contributed by atoms with van der Waals surface area (Å²) in [5, 5.41) is 3.66. The van der Waals surface area contributed by atoms with Crippen LogP contribution in [0.3, 0.4) is 0 Å². The first-order valence-electron chi connectivity index (χ1n) is 5.73. The highest BCUT2D eigenvalue weighted by Gasteiger charge is 2.13. The molecule has 19 heavy (non-hydrogen) atoms. The fraction of sp³-hybridized carbons (Fsp3) is 0.154. The van der Waals surface area contributed by atoms with Gasteiger partial charge in [0, 0.05) is 12.7 Å². The van der Waals surface area contributed by atoms with E-state index in [2.05, 4.69) is 10.5 Å². The van der Waals surface area contributed by atoms with Crippen LogP contribution in [0.2, 0.25) is 0 Å². The van der Waals surface area contributed by atoms with E-state index in [1.807, 2.05) is 37.3 Å². The number of nitrogens with one attached hydrogen (secondary N) is 1. The van der Waals surface area contributed by atoms with E-state index in [-0.39, 0.29) is 5.56 Å². The molecule has 1 N–H and O–H groups in total. The molecule has 1 heterocycles. The Labute approximate surface area is 110 Å². The third kappa shape index (κ3) is 2.33. The molecule has 2 aromatic rings. The monoisotopic (exact) mass is 258 g/mol. The van der Waals surface area contributed by atoms with Gasteiger partial charge in [-0.05, 0) is 19.1 Å². The van der Waals surface area contributed by atoms with Crippen LogP contribution in [-0.4, -0.2) is 22.0 Å². The fourth-order valence-electron chi connectivity index (χ4n) is 1.87. The van der Waals surface area contributed by atoms with Crippen LogP contribution < -0.4 is 11.0 Å².